The summed E-state index contributed by atoms with van der Waals surface area (Å²) in [6.07, 6.45) is 4.00. The molecule has 0 saturated heterocycles. The normalized spacial score (nSPS) is 14.1. The number of anilines is 2. The van der Waals surface area contributed by atoms with Gasteiger partial charge in [-0.25, -0.2) is 0 Å². The lowest BCUT2D eigenvalue weighted by Gasteiger charge is -2.32. The fourth-order valence-electron chi connectivity index (χ4n) is 2.83. The zero-order valence-electron chi connectivity index (χ0n) is 11.5. The van der Waals surface area contributed by atoms with E-state index in [2.05, 4.69) is 11.0 Å². The summed E-state index contributed by atoms with van der Waals surface area (Å²) in [5.41, 5.74) is 9.46. The maximum atomic E-state index is 11.7. The molecular formula is C16H19N3O. The molecule has 0 unspecified atom stereocenters. The highest BCUT2D eigenvalue weighted by Gasteiger charge is 2.18. The smallest absolute Gasteiger partial charge is 0.250 e. The van der Waals surface area contributed by atoms with E-state index < -0.39 is 0 Å². The number of nitrogens with zero attached hydrogens (tertiary/aromatic N) is 2. The SMILES string of the molecule is Nc1cccc2c1CCCN2CCn1ccccc1=O. The number of pyridine rings is 1. The van der Waals surface area contributed by atoms with Crippen molar-refractivity contribution in [2.24, 2.45) is 0 Å². The van der Waals surface area contributed by atoms with Gasteiger partial charge in [0.1, 0.15) is 0 Å². The molecule has 2 N–H and O–H groups in total. The van der Waals surface area contributed by atoms with Gasteiger partial charge in [-0.15, -0.1) is 0 Å². The third-order valence-corrected chi connectivity index (χ3v) is 3.89. The minimum Gasteiger partial charge on any atom is -0.398 e. The van der Waals surface area contributed by atoms with Gasteiger partial charge in [0.25, 0.3) is 5.56 Å². The van der Waals surface area contributed by atoms with Crippen LogP contribution in [0.15, 0.2) is 47.4 Å². The van der Waals surface area contributed by atoms with Crippen LogP contribution in [0.1, 0.15) is 12.0 Å². The largest absolute Gasteiger partial charge is 0.398 e. The maximum Gasteiger partial charge on any atom is 0.250 e. The molecule has 1 aromatic carbocycles. The van der Waals surface area contributed by atoms with Gasteiger partial charge < -0.3 is 15.2 Å². The predicted octanol–water partition coefficient (Wildman–Crippen LogP) is 1.88. The van der Waals surface area contributed by atoms with Gasteiger partial charge in [-0.1, -0.05) is 12.1 Å². The Kier molecular flexibility index (Phi) is 3.46. The van der Waals surface area contributed by atoms with E-state index in [-0.39, 0.29) is 5.56 Å². The summed E-state index contributed by atoms with van der Waals surface area (Å²) in [6.45, 7) is 2.56. The van der Waals surface area contributed by atoms with Crippen molar-refractivity contribution in [3.05, 3.63) is 58.5 Å². The number of nitrogen functional groups attached to an aromatic ring is 1. The van der Waals surface area contributed by atoms with E-state index in [1.807, 2.05) is 24.4 Å². The summed E-state index contributed by atoms with van der Waals surface area (Å²) < 4.78 is 1.75. The Labute approximate surface area is 118 Å². The van der Waals surface area contributed by atoms with Crippen molar-refractivity contribution in [1.29, 1.82) is 0 Å². The summed E-state index contributed by atoms with van der Waals surface area (Å²) in [5.74, 6) is 0. The van der Waals surface area contributed by atoms with Crippen LogP contribution in [-0.4, -0.2) is 17.7 Å². The Bertz CT molecular complexity index is 663. The van der Waals surface area contributed by atoms with Crippen molar-refractivity contribution in [2.75, 3.05) is 23.7 Å². The van der Waals surface area contributed by atoms with Crippen molar-refractivity contribution in [3.63, 3.8) is 0 Å². The molecule has 2 aromatic rings. The fraction of sp³-hybridized carbons (Fsp3) is 0.312. The topological polar surface area (TPSA) is 51.3 Å². The molecule has 1 aliphatic heterocycles. The first-order chi connectivity index (χ1) is 9.75. The van der Waals surface area contributed by atoms with Crippen LogP contribution in [-0.2, 0) is 13.0 Å². The molecular weight excluding hydrogens is 250 g/mol. The van der Waals surface area contributed by atoms with E-state index in [1.54, 1.807) is 16.7 Å². The van der Waals surface area contributed by atoms with Gasteiger partial charge in [-0.05, 0) is 36.6 Å². The molecule has 2 heterocycles. The number of hydrogen-bond donors (Lipinski definition) is 1. The lowest BCUT2D eigenvalue weighted by Crippen LogP contribution is -2.34. The molecule has 0 spiro atoms. The maximum absolute atomic E-state index is 11.7. The molecule has 0 radical (unpaired) electrons. The molecule has 104 valence electrons. The summed E-state index contributed by atoms with van der Waals surface area (Å²) in [4.78, 5) is 14.0. The summed E-state index contributed by atoms with van der Waals surface area (Å²) in [7, 11) is 0. The van der Waals surface area contributed by atoms with Crippen LogP contribution in [0.5, 0.6) is 0 Å². The Morgan fingerprint density at radius 2 is 2.00 bits per heavy atom. The standard InChI is InChI=1S/C16H19N3O/c17-14-6-3-7-15-13(14)5-4-10-18(15)11-12-19-9-2-1-8-16(19)20/h1-3,6-9H,4-5,10-12,17H2. The number of benzene rings is 1. The van der Waals surface area contributed by atoms with Gasteiger partial charge in [0.15, 0.2) is 0 Å². The summed E-state index contributed by atoms with van der Waals surface area (Å²) >= 11 is 0. The number of aromatic nitrogens is 1. The molecule has 0 fully saturated rings. The predicted molar refractivity (Wildman–Crippen MR) is 82.1 cm³/mol. The van der Waals surface area contributed by atoms with Crippen LogP contribution in [0, 0.1) is 0 Å². The monoisotopic (exact) mass is 269 g/mol. The van der Waals surface area contributed by atoms with Gasteiger partial charge in [-0.3, -0.25) is 4.79 Å². The second-order valence-corrected chi connectivity index (χ2v) is 5.17. The second kappa shape index (κ2) is 5.41. The first-order valence-corrected chi connectivity index (χ1v) is 7.03. The molecule has 1 aliphatic rings. The number of hydrogen-bond acceptors (Lipinski definition) is 3. The van der Waals surface area contributed by atoms with Crippen molar-refractivity contribution in [1.82, 2.24) is 4.57 Å². The van der Waals surface area contributed by atoms with Crippen molar-refractivity contribution < 1.29 is 0 Å². The molecule has 0 amide bonds. The first kappa shape index (κ1) is 12.8. The number of rotatable bonds is 3. The lowest BCUT2D eigenvalue weighted by molar-refractivity contribution is 0.611. The number of fused-ring (bicyclic) bond motifs is 1. The van der Waals surface area contributed by atoms with E-state index >= 15 is 0 Å². The molecule has 0 saturated carbocycles. The highest BCUT2D eigenvalue weighted by Crippen LogP contribution is 2.30. The van der Waals surface area contributed by atoms with Crippen LogP contribution in [0.3, 0.4) is 0 Å². The molecule has 0 bridgehead atoms. The van der Waals surface area contributed by atoms with Gasteiger partial charge in [-0.2, -0.15) is 0 Å². The zero-order chi connectivity index (χ0) is 13.9. The van der Waals surface area contributed by atoms with Crippen molar-refractivity contribution >= 4 is 11.4 Å². The first-order valence-electron chi connectivity index (χ1n) is 7.03. The quantitative estimate of drug-likeness (QED) is 0.866. The van der Waals surface area contributed by atoms with Gasteiger partial charge in [0, 0.05) is 43.3 Å². The van der Waals surface area contributed by atoms with Gasteiger partial charge >= 0.3 is 0 Å². The lowest BCUT2D eigenvalue weighted by atomic mass is 10.00. The van der Waals surface area contributed by atoms with Gasteiger partial charge in [0.05, 0.1) is 0 Å². The third kappa shape index (κ3) is 2.41. The molecule has 20 heavy (non-hydrogen) atoms. The highest BCUT2D eigenvalue weighted by molar-refractivity contribution is 5.66. The van der Waals surface area contributed by atoms with E-state index in [0.29, 0.717) is 6.54 Å². The van der Waals surface area contributed by atoms with E-state index in [1.165, 1.54) is 11.3 Å². The molecule has 0 aliphatic carbocycles. The van der Waals surface area contributed by atoms with Crippen LogP contribution in [0.25, 0.3) is 0 Å². The van der Waals surface area contributed by atoms with Gasteiger partial charge in [0.2, 0.25) is 0 Å². The minimum atomic E-state index is 0.0531. The Morgan fingerprint density at radius 3 is 2.85 bits per heavy atom. The van der Waals surface area contributed by atoms with Crippen LogP contribution in [0.4, 0.5) is 11.4 Å². The Balaban J connectivity index is 1.79. The van der Waals surface area contributed by atoms with Crippen LogP contribution < -0.4 is 16.2 Å². The molecule has 4 nitrogen and oxygen atoms in total. The fourth-order valence-corrected chi connectivity index (χ4v) is 2.83. The summed E-state index contributed by atoms with van der Waals surface area (Å²) in [5, 5.41) is 0. The average molecular weight is 269 g/mol. The van der Waals surface area contributed by atoms with Crippen LogP contribution >= 0.6 is 0 Å². The molecule has 4 heteroatoms. The highest BCUT2D eigenvalue weighted by atomic mass is 16.1. The second-order valence-electron chi connectivity index (χ2n) is 5.17. The Hall–Kier alpha value is -2.23. The minimum absolute atomic E-state index is 0.0531. The zero-order valence-corrected chi connectivity index (χ0v) is 11.5. The molecule has 1 aromatic heterocycles. The van der Waals surface area contributed by atoms with Crippen molar-refractivity contribution in [3.8, 4) is 0 Å². The Morgan fingerprint density at radius 1 is 1.10 bits per heavy atom. The van der Waals surface area contributed by atoms with E-state index in [0.717, 1.165) is 31.6 Å². The number of nitrogens with two attached hydrogens (primary N) is 1. The van der Waals surface area contributed by atoms with E-state index in [9.17, 15) is 4.79 Å². The average Bonchev–Trinajstić information content (AvgIpc) is 2.47. The van der Waals surface area contributed by atoms with E-state index in [4.69, 9.17) is 5.73 Å². The molecule has 3 rings (SSSR count). The molecule has 0 atom stereocenters. The summed E-state index contributed by atoms with van der Waals surface area (Å²) in [6, 6.07) is 11.4. The third-order valence-electron chi connectivity index (χ3n) is 3.89. The van der Waals surface area contributed by atoms with Crippen molar-refractivity contribution in [2.45, 2.75) is 19.4 Å². The van der Waals surface area contributed by atoms with Crippen LogP contribution in [0.2, 0.25) is 0 Å².